The molecule has 2 aromatic rings. The molecule has 1 aliphatic rings. The third-order valence-electron chi connectivity index (χ3n) is 4.30. The van der Waals surface area contributed by atoms with Gasteiger partial charge >= 0.3 is 0 Å². The number of hydrogen-bond acceptors (Lipinski definition) is 5. The van der Waals surface area contributed by atoms with E-state index in [1.807, 2.05) is 0 Å². The van der Waals surface area contributed by atoms with Crippen LogP contribution in [0.25, 0.3) is 0 Å². The number of carbonyl (C=O) groups is 1. The van der Waals surface area contributed by atoms with Crippen molar-refractivity contribution in [1.82, 2.24) is 4.98 Å². The monoisotopic (exact) mass is 406 g/mol. The number of carbonyl (C=O) groups excluding carboxylic acids is 1. The molecule has 27 heavy (non-hydrogen) atoms. The summed E-state index contributed by atoms with van der Waals surface area (Å²) in [5.41, 5.74) is 1.49. The van der Waals surface area contributed by atoms with Crippen LogP contribution < -0.4 is 10.6 Å². The maximum absolute atomic E-state index is 12.6. The molecule has 0 saturated carbocycles. The molecule has 0 bridgehead atoms. The van der Waals surface area contributed by atoms with Gasteiger partial charge in [-0.15, -0.1) is 0 Å². The first-order valence-corrected chi connectivity index (χ1v) is 9.36. The number of rotatable bonds is 5. The summed E-state index contributed by atoms with van der Waals surface area (Å²) in [4.78, 5) is 17.0. The summed E-state index contributed by atoms with van der Waals surface area (Å²) in [7, 11) is 0. The van der Waals surface area contributed by atoms with Crippen molar-refractivity contribution in [3.63, 3.8) is 0 Å². The number of halogens is 2. The van der Waals surface area contributed by atoms with Gasteiger partial charge in [-0.3, -0.25) is 4.79 Å². The molecule has 6 nitrogen and oxygen atoms in total. The molecule has 0 unspecified atom stereocenters. The molecular formula is C19H20Cl2N4O2. The topological polar surface area (TPSA) is 87.1 Å². The number of benzene rings is 1. The van der Waals surface area contributed by atoms with Crippen molar-refractivity contribution < 1.29 is 9.53 Å². The lowest BCUT2D eigenvalue weighted by Gasteiger charge is -2.25. The molecule has 1 amide bonds. The van der Waals surface area contributed by atoms with Crippen molar-refractivity contribution in [3.05, 3.63) is 51.6 Å². The molecule has 0 aliphatic carbocycles. The van der Waals surface area contributed by atoms with Crippen LogP contribution in [0, 0.1) is 5.41 Å². The third-order valence-corrected chi connectivity index (χ3v) is 4.94. The Morgan fingerprint density at radius 3 is 2.52 bits per heavy atom. The number of ether oxygens (including phenoxy) is 1. The summed E-state index contributed by atoms with van der Waals surface area (Å²) in [5, 5.41) is 15.0. The van der Waals surface area contributed by atoms with Gasteiger partial charge in [-0.1, -0.05) is 23.2 Å². The maximum atomic E-state index is 12.6. The van der Waals surface area contributed by atoms with E-state index in [0.29, 0.717) is 35.3 Å². The van der Waals surface area contributed by atoms with Crippen LogP contribution in [0.4, 0.5) is 11.5 Å². The molecule has 3 rings (SSSR count). The largest absolute Gasteiger partial charge is 0.381 e. The second-order valence-electron chi connectivity index (χ2n) is 6.33. The third kappa shape index (κ3) is 4.77. The van der Waals surface area contributed by atoms with Crippen molar-refractivity contribution in [2.24, 2.45) is 0 Å². The van der Waals surface area contributed by atoms with E-state index in [-0.39, 0.29) is 22.3 Å². The summed E-state index contributed by atoms with van der Waals surface area (Å²) >= 11 is 12.3. The van der Waals surface area contributed by atoms with Gasteiger partial charge in [0.2, 0.25) is 0 Å². The van der Waals surface area contributed by atoms with Crippen molar-refractivity contribution in [1.29, 1.82) is 5.41 Å². The zero-order chi connectivity index (χ0) is 19.4. The second kappa shape index (κ2) is 8.69. The highest BCUT2D eigenvalue weighted by atomic mass is 35.5. The molecule has 1 saturated heterocycles. The molecule has 1 aliphatic heterocycles. The van der Waals surface area contributed by atoms with Gasteiger partial charge in [0.25, 0.3) is 5.91 Å². The van der Waals surface area contributed by atoms with E-state index < -0.39 is 5.91 Å². The van der Waals surface area contributed by atoms with Crippen LogP contribution in [0.15, 0.2) is 30.5 Å². The summed E-state index contributed by atoms with van der Waals surface area (Å²) in [5.74, 6) is 0.123. The molecule has 0 spiro atoms. The van der Waals surface area contributed by atoms with Crippen LogP contribution in [0.5, 0.6) is 0 Å². The summed E-state index contributed by atoms with van der Waals surface area (Å²) in [6.45, 7) is 3.00. The van der Waals surface area contributed by atoms with Gasteiger partial charge in [-0.2, -0.15) is 0 Å². The first-order chi connectivity index (χ1) is 13.0. The number of anilines is 2. The highest BCUT2D eigenvalue weighted by Gasteiger charge is 2.22. The van der Waals surface area contributed by atoms with E-state index in [1.165, 1.54) is 6.20 Å². The predicted molar refractivity (Wildman–Crippen MR) is 109 cm³/mol. The molecule has 1 fully saturated rings. The van der Waals surface area contributed by atoms with Crippen LogP contribution in [-0.2, 0) is 4.74 Å². The average Bonchev–Trinajstić information content (AvgIpc) is 2.64. The van der Waals surface area contributed by atoms with E-state index in [1.54, 1.807) is 31.2 Å². The SMILES string of the molecule is CC(=N)c1c(NC2CCOCC2)ncc(C(=O)Nc2ccc(Cl)cc2)c1Cl. The van der Waals surface area contributed by atoms with E-state index in [4.69, 9.17) is 33.3 Å². The smallest absolute Gasteiger partial charge is 0.258 e. The van der Waals surface area contributed by atoms with Crippen LogP contribution in [0.3, 0.4) is 0 Å². The van der Waals surface area contributed by atoms with Gasteiger partial charge in [-0.05, 0) is 44.0 Å². The van der Waals surface area contributed by atoms with Crippen LogP contribution in [0.2, 0.25) is 10.0 Å². The minimum absolute atomic E-state index is 0.203. The highest BCUT2D eigenvalue weighted by molar-refractivity contribution is 6.38. The standard InChI is InChI=1S/C19H20Cl2N4O2/c1-11(22)16-17(21)15(19(26)25-13-4-2-12(20)3-5-13)10-23-18(16)24-14-6-8-27-9-7-14/h2-5,10,14,22H,6-9H2,1H3,(H,23,24)(H,25,26). The van der Waals surface area contributed by atoms with Crippen molar-refractivity contribution in [2.75, 3.05) is 23.8 Å². The van der Waals surface area contributed by atoms with Gasteiger partial charge in [0, 0.05) is 41.9 Å². The molecule has 142 valence electrons. The van der Waals surface area contributed by atoms with Crippen LogP contribution >= 0.6 is 23.2 Å². The Morgan fingerprint density at radius 2 is 1.89 bits per heavy atom. The Kier molecular flexibility index (Phi) is 6.31. The summed E-state index contributed by atoms with van der Waals surface area (Å²) in [6.07, 6.45) is 3.14. The zero-order valence-corrected chi connectivity index (χ0v) is 16.3. The van der Waals surface area contributed by atoms with Gasteiger partial charge < -0.3 is 20.8 Å². The quantitative estimate of drug-likeness (QED) is 0.632. The number of pyridine rings is 1. The van der Waals surface area contributed by atoms with Crippen LogP contribution in [-0.4, -0.2) is 35.9 Å². The predicted octanol–water partition coefficient (Wildman–Crippen LogP) is 4.62. The Hall–Kier alpha value is -2.15. The van der Waals surface area contributed by atoms with Crippen LogP contribution in [0.1, 0.15) is 35.7 Å². The Bertz CT molecular complexity index is 850. The lowest BCUT2D eigenvalue weighted by Crippen LogP contribution is -2.29. The molecule has 1 aromatic carbocycles. The molecule has 1 aromatic heterocycles. The fourth-order valence-electron chi connectivity index (χ4n) is 2.87. The number of amides is 1. The van der Waals surface area contributed by atoms with Gasteiger partial charge in [0.15, 0.2) is 0 Å². The normalized spacial score (nSPS) is 14.6. The van der Waals surface area contributed by atoms with Crippen molar-refractivity contribution >= 4 is 46.3 Å². The Morgan fingerprint density at radius 1 is 1.22 bits per heavy atom. The molecule has 3 N–H and O–H groups in total. The van der Waals surface area contributed by atoms with E-state index in [2.05, 4.69) is 15.6 Å². The fraction of sp³-hybridized carbons (Fsp3) is 0.316. The van der Waals surface area contributed by atoms with E-state index >= 15 is 0 Å². The molecule has 0 radical (unpaired) electrons. The zero-order valence-electron chi connectivity index (χ0n) is 14.8. The second-order valence-corrected chi connectivity index (χ2v) is 7.14. The van der Waals surface area contributed by atoms with Gasteiger partial charge in [0.05, 0.1) is 16.1 Å². The molecule has 0 atom stereocenters. The first kappa shape index (κ1) is 19.6. The van der Waals surface area contributed by atoms with E-state index in [9.17, 15) is 4.79 Å². The fourth-order valence-corrected chi connectivity index (χ4v) is 3.36. The van der Waals surface area contributed by atoms with Crippen molar-refractivity contribution in [2.45, 2.75) is 25.8 Å². The highest BCUT2D eigenvalue weighted by Crippen LogP contribution is 2.29. The molecular weight excluding hydrogens is 387 g/mol. The minimum Gasteiger partial charge on any atom is -0.381 e. The Labute approximate surface area is 167 Å². The number of aromatic nitrogens is 1. The lowest BCUT2D eigenvalue weighted by molar-refractivity contribution is 0.0904. The minimum atomic E-state index is -0.394. The lowest BCUT2D eigenvalue weighted by atomic mass is 10.1. The summed E-state index contributed by atoms with van der Waals surface area (Å²) < 4.78 is 5.36. The first-order valence-electron chi connectivity index (χ1n) is 8.61. The number of nitrogens with zero attached hydrogens (tertiary/aromatic N) is 1. The summed E-state index contributed by atoms with van der Waals surface area (Å²) in [6, 6.07) is 6.97. The van der Waals surface area contributed by atoms with E-state index in [0.717, 1.165) is 12.8 Å². The van der Waals surface area contributed by atoms with Gasteiger partial charge in [-0.25, -0.2) is 4.98 Å². The molecule has 2 heterocycles. The number of hydrogen-bond donors (Lipinski definition) is 3. The van der Waals surface area contributed by atoms with Crippen molar-refractivity contribution in [3.8, 4) is 0 Å². The molecule has 8 heteroatoms. The average molecular weight is 407 g/mol. The van der Waals surface area contributed by atoms with Gasteiger partial charge in [0.1, 0.15) is 5.82 Å². The maximum Gasteiger partial charge on any atom is 0.258 e. The number of nitrogens with one attached hydrogen (secondary N) is 3. The Balaban J connectivity index is 1.85.